The van der Waals surface area contributed by atoms with E-state index in [2.05, 4.69) is 109 Å². The Bertz CT molecular complexity index is 1600. The summed E-state index contributed by atoms with van der Waals surface area (Å²) >= 11 is 6.00. The Labute approximate surface area is 251 Å². The quantitative estimate of drug-likeness (QED) is 0.171. The number of hydrogen-bond donors (Lipinski definition) is 2. The Kier molecular flexibility index (Phi) is 9.09. The first-order chi connectivity index (χ1) is 20.7. The van der Waals surface area contributed by atoms with Gasteiger partial charge < -0.3 is 15.0 Å². The topological polar surface area (TPSA) is 82.2 Å². The number of tetrazole rings is 1. The predicted octanol–water partition coefficient (Wildman–Crippen LogP) is 5.29. The molecule has 0 bridgehead atoms. The molecule has 1 fully saturated rings. The van der Waals surface area contributed by atoms with E-state index in [1.165, 1.54) is 16.3 Å². The van der Waals surface area contributed by atoms with Crippen molar-refractivity contribution >= 4 is 28.1 Å². The molecule has 0 atom stereocenters. The molecule has 0 spiro atoms. The van der Waals surface area contributed by atoms with Gasteiger partial charge in [0.25, 0.3) is 0 Å². The fourth-order valence-electron chi connectivity index (χ4n) is 5.43. The van der Waals surface area contributed by atoms with Crippen molar-refractivity contribution in [2.45, 2.75) is 19.5 Å². The van der Waals surface area contributed by atoms with E-state index in [1.54, 1.807) is 0 Å². The highest BCUT2D eigenvalue weighted by molar-refractivity contribution is 7.80. The van der Waals surface area contributed by atoms with Crippen molar-refractivity contribution in [3.63, 3.8) is 0 Å². The summed E-state index contributed by atoms with van der Waals surface area (Å²) in [6.07, 6.45) is 1.03. The number of morpholine rings is 1. The van der Waals surface area contributed by atoms with Crippen molar-refractivity contribution in [2.24, 2.45) is 0 Å². The Balaban J connectivity index is 1.23. The minimum Gasteiger partial charge on any atom is -0.379 e. The Hall–Kier alpha value is -4.18. The molecule has 8 nitrogen and oxygen atoms in total. The van der Waals surface area contributed by atoms with E-state index >= 15 is 0 Å². The SMILES string of the molecule is S=C(NCCCN1CCOCC1)N(Cc1ccc(-c2ccccc2)c(-c2nn[nH]n2)c1)Cc1ccc2ccccc2c1. The molecule has 214 valence electrons. The zero-order chi connectivity index (χ0) is 28.6. The summed E-state index contributed by atoms with van der Waals surface area (Å²) < 4.78 is 5.48. The number of benzene rings is 4. The zero-order valence-electron chi connectivity index (χ0n) is 23.6. The van der Waals surface area contributed by atoms with Crippen LogP contribution < -0.4 is 5.32 Å². The van der Waals surface area contributed by atoms with E-state index in [4.69, 9.17) is 17.0 Å². The molecule has 0 amide bonds. The maximum Gasteiger partial charge on any atom is 0.205 e. The van der Waals surface area contributed by atoms with Gasteiger partial charge in [-0.3, -0.25) is 4.90 Å². The van der Waals surface area contributed by atoms with Gasteiger partial charge in [-0.25, -0.2) is 0 Å². The molecule has 42 heavy (non-hydrogen) atoms. The molecule has 1 aliphatic heterocycles. The standard InChI is InChI=1S/C33H35N7OS/c42-33(34-15-6-16-39-17-19-41-20-18-39)40(23-25-11-13-27-7-4-5-10-29(27)21-25)24-26-12-14-30(28-8-2-1-3-9-28)31(22-26)32-35-37-38-36-32/h1-5,7-14,21-22H,6,15-20,23-24H2,(H,34,42)(H,35,36,37,38). The normalized spacial score (nSPS) is 13.7. The Morgan fingerprint density at radius 3 is 2.38 bits per heavy atom. The fourth-order valence-corrected chi connectivity index (χ4v) is 5.66. The molecule has 6 rings (SSSR count). The first-order valence-corrected chi connectivity index (χ1v) is 14.9. The number of aromatic nitrogens is 4. The van der Waals surface area contributed by atoms with Gasteiger partial charge in [0.05, 0.1) is 13.2 Å². The number of H-pyrrole nitrogens is 1. The number of nitrogens with zero attached hydrogens (tertiary/aromatic N) is 5. The van der Waals surface area contributed by atoms with Crippen molar-refractivity contribution in [2.75, 3.05) is 39.4 Å². The lowest BCUT2D eigenvalue weighted by atomic mass is 9.97. The predicted molar refractivity (Wildman–Crippen MR) is 171 cm³/mol. The molecule has 1 aromatic heterocycles. The van der Waals surface area contributed by atoms with Crippen molar-refractivity contribution in [1.29, 1.82) is 0 Å². The third-order valence-corrected chi connectivity index (χ3v) is 8.04. The summed E-state index contributed by atoms with van der Waals surface area (Å²) in [4.78, 5) is 4.69. The van der Waals surface area contributed by atoms with E-state index in [0.29, 0.717) is 18.9 Å². The smallest absolute Gasteiger partial charge is 0.205 e. The fraction of sp³-hybridized carbons (Fsp3) is 0.273. The molecule has 0 unspecified atom stereocenters. The second kappa shape index (κ2) is 13.7. The maximum absolute atomic E-state index is 6.00. The van der Waals surface area contributed by atoms with Gasteiger partial charge in [0, 0.05) is 38.3 Å². The third-order valence-electron chi connectivity index (χ3n) is 7.63. The van der Waals surface area contributed by atoms with Crippen LogP contribution in [0.4, 0.5) is 0 Å². The first kappa shape index (κ1) is 28.0. The van der Waals surface area contributed by atoms with Gasteiger partial charge in [0.1, 0.15) is 0 Å². The molecule has 1 aliphatic rings. The molecule has 5 aromatic rings. The van der Waals surface area contributed by atoms with Crippen LogP contribution in [0.1, 0.15) is 17.5 Å². The van der Waals surface area contributed by atoms with E-state index in [0.717, 1.165) is 73.2 Å². The molecule has 9 heteroatoms. The summed E-state index contributed by atoms with van der Waals surface area (Å²) in [5, 5.41) is 21.8. The van der Waals surface area contributed by atoms with Gasteiger partial charge in [-0.05, 0) is 75.6 Å². The number of nitrogens with one attached hydrogen (secondary N) is 2. The van der Waals surface area contributed by atoms with E-state index in [-0.39, 0.29) is 0 Å². The molecule has 2 heterocycles. The average molecular weight is 578 g/mol. The van der Waals surface area contributed by atoms with Crippen molar-refractivity contribution in [1.82, 2.24) is 35.7 Å². The largest absolute Gasteiger partial charge is 0.379 e. The van der Waals surface area contributed by atoms with Gasteiger partial charge in [0.2, 0.25) is 5.82 Å². The lowest BCUT2D eigenvalue weighted by Gasteiger charge is -2.28. The first-order valence-electron chi connectivity index (χ1n) is 14.5. The van der Waals surface area contributed by atoms with Crippen LogP contribution in [0.3, 0.4) is 0 Å². The average Bonchev–Trinajstić information content (AvgIpc) is 3.59. The molecule has 0 saturated carbocycles. The molecule has 2 N–H and O–H groups in total. The monoisotopic (exact) mass is 577 g/mol. The molecule has 0 radical (unpaired) electrons. The molecule has 4 aromatic carbocycles. The molecule has 1 saturated heterocycles. The van der Waals surface area contributed by atoms with Crippen LogP contribution >= 0.6 is 12.2 Å². The molecular weight excluding hydrogens is 542 g/mol. The number of fused-ring (bicyclic) bond motifs is 1. The highest BCUT2D eigenvalue weighted by atomic mass is 32.1. The molecular formula is C33H35N7OS. The zero-order valence-corrected chi connectivity index (χ0v) is 24.4. The number of thiocarbonyl (C=S) groups is 1. The Morgan fingerprint density at radius 1 is 0.857 bits per heavy atom. The van der Waals surface area contributed by atoms with E-state index in [9.17, 15) is 0 Å². The van der Waals surface area contributed by atoms with Crippen LogP contribution in [0.5, 0.6) is 0 Å². The van der Waals surface area contributed by atoms with Crippen LogP contribution in [0, 0.1) is 0 Å². The van der Waals surface area contributed by atoms with Crippen LogP contribution in [0.25, 0.3) is 33.3 Å². The van der Waals surface area contributed by atoms with Crippen LogP contribution in [-0.4, -0.2) is 74.9 Å². The highest BCUT2D eigenvalue weighted by Gasteiger charge is 2.17. The lowest BCUT2D eigenvalue weighted by Crippen LogP contribution is -2.41. The summed E-state index contributed by atoms with van der Waals surface area (Å²) in [5.41, 5.74) is 5.43. The van der Waals surface area contributed by atoms with Crippen molar-refractivity contribution < 1.29 is 4.74 Å². The van der Waals surface area contributed by atoms with Gasteiger partial charge in [-0.2, -0.15) is 5.21 Å². The van der Waals surface area contributed by atoms with Crippen molar-refractivity contribution in [3.8, 4) is 22.5 Å². The summed E-state index contributed by atoms with van der Waals surface area (Å²) in [6, 6.07) is 31.9. The number of ether oxygens (including phenoxy) is 1. The number of hydrogen-bond acceptors (Lipinski definition) is 6. The second-order valence-corrected chi connectivity index (χ2v) is 10.9. The second-order valence-electron chi connectivity index (χ2n) is 10.6. The van der Waals surface area contributed by atoms with Gasteiger partial charge in [-0.1, -0.05) is 78.9 Å². The minimum absolute atomic E-state index is 0.570. The lowest BCUT2D eigenvalue weighted by molar-refractivity contribution is 0.0376. The number of rotatable bonds is 10. The van der Waals surface area contributed by atoms with Crippen LogP contribution in [-0.2, 0) is 17.8 Å². The van der Waals surface area contributed by atoms with E-state index in [1.807, 2.05) is 18.2 Å². The Morgan fingerprint density at radius 2 is 1.60 bits per heavy atom. The van der Waals surface area contributed by atoms with Crippen molar-refractivity contribution in [3.05, 3.63) is 102 Å². The summed E-state index contributed by atoms with van der Waals surface area (Å²) in [5.74, 6) is 0.570. The third kappa shape index (κ3) is 6.99. The van der Waals surface area contributed by atoms with Crippen LogP contribution in [0.15, 0.2) is 91.0 Å². The van der Waals surface area contributed by atoms with Gasteiger partial charge >= 0.3 is 0 Å². The summed E-state index contributed by atoms with van der Waals surface area (Å²) in [7, 11) is 0. The maximum atomic E-state index is 6.00. The van der Waals surface area contributed by atoms with Crippen LogP contribution in [0.2, 0.25) is 0 Å². The van der Waals surface area contributed by atoms with Gasteiger partial charge in [0.15, 0.2) is 5.11 Å². The highest BCUT2D eigenvalue weighted by Crippen LogP contribution is 2.31. The number of aromatic amines is 1. The minimum atomic E-state index is 0.570. The van der Waals surface area contributed by atoms with E-state index < -0.39 is 0 Å². The molecule has 0 aliphatic carbocycles. The summed E-state index contributed by atoms with van der Waals surface area (Å²) in [6.45, 7) is 6.84. The van der Waals surface area contributed by atoms with Gasteiger partial charge in [-0.15, -0.1) is 10.2 Å².